The molecule has 0 saturated heterocycles. The van der Waals surface area contributed by atoms with E-state index < -0.39 is 0 Å². The van der Waals surface area contributed by atoms with Crippen molar-refractivity contribution in [1.29, 1.82) is 0 Å². The predicted molar refractivity (Wildman–Crippen MR) is 103 cm³/mol. The molecule has 1 N–H and O–H groups in total. The number of likely N-dealkylation sites (N-methyl/N-ethyl adjacent to an activating group) is 1. The molecule has 3 rings (SSSR count). The van der Waals surface area contributed by atoms with Crippen LogP contribution >= 0.6 is 0 Å². The lowest BCUT2D eigenvalue weighted by Crippen LogP contribution is -2.41. The summed E-state index contributed by atoms with van der Waals surface area (Å²) < 4.78 is 0. The Morgan fingerprint density at radius 2 is 1.92 bits per heavy atom. The number of rotatable bonds is 8. The molecule has 6 nitrogen and oxygen atoms in total. The van der Waals surface area contributed by atoms with Crippen molar-refractivity contribution in [2.24, 2.45) is 5.92 Å². The van der Waals surface area contributed by atoms with Gasteiger partial charge in [-0.05, 0) is 31.9 Å². The highest BCUT2D eigenvalue weighted by atomic mass is 16.2. The lowest BCUT2D eigenvalue weighted by Gasteiger charge is -2.31. The number of aromatic nitrogens is 2. The number of carbonyl (C=O) groups is 1. The summed E-state index contributed by atoms with van der Waals surface area (Å²) in [6.07, 6.45) is 4.28. The maximum absolute atomic E-state index is 12.3. The van der Waals surface area contributed by atoms with E-state index in [0.717, 1.165) is 50.0 Å². The third-order valence-corrected chi connectivity index (χ3v) is 5.27. The number of carbonyl (C=O) groups excluding carboxylic acids is 1. The van der Waals surface area contributed by atoms with E-state index in [-0.39, 0.29) is 17.4 Å². The van der Waals surface area contributed by atoms with E-state index in [4.69, 9.17) is 0 Å². The average Bonchev–Trinajstić information content (AvgIpc) is 2.60. The molecular formula is C20H28N4O2. The largest absolute Gasteiger partial charge is 0.344 e. The van der Waals surface area contributed by atoms with E-state index in [1.54, 1.807) is 0 Å². The third-order valence-electron chi connectivity index (χ3n) is 5.27. The van der Waals surface area contributed by atoms with Crippen LogP contribution < -0.4 is 5.56 Å². The van der Waals surface area contributed by atoms with Gasteiger partial charge in [-0.3, -0.25) is 14.5 Å². The summed E-state index contributed by atoms with van der Waals surface area (Å²) in [6, 6.07) is 7.58. The summed E-state index contributed by atoms with van der Waals surface area (Å²) in [4.78, 5) is 28.4. The van der Waals surface area contributed by atoms with Gasteiger partial charge in [0.1, 0.15) is 0 Å². The molecule has 1 amide bonds. The molecule has 1 saturated carbocycles. The highest BCUT2D eigenvalue weighted by Gasteiger charge is 2.27. The smallest absolute Gasteiger partial charge is 0.272 e. The molecule has 140 valence electrons. The van der Waals surface area contributed by atoms with Gasteiger partial charge in [0.2, 0.25) is 5.91 Å². The van der Waals surface area contributed by atoms with Crippen molar-refractivity contribution in [3.8, 4) is 0 Å². The van der Waals surface area contributed by atoms with E-state index in [9.17, 15) is 9.59 Å². The molecule has 26 heavy (non-hydrogen) atoms. The molecule has 0 atom stereocenters. The van der Waals surface area contributed by atoms with E-state index >= 15 is 0 Å². The fourth-order valence-corrected chi connectivity index (χ4v) is 3.46. The Labute approximate surface area is 154 Å². The van der Waals surface area contributed by atoms with Gasteiger partial charge in [-0.15, -0.1) is 0 Å². The lowest BCUT2D eigenvalue weighted by atomic mass is 9.84. The van der Waals surface area contributed by atoms with E-state index in [0.29, 0.717) is 11.9 Å². The minimum Gasteiger partial charge on any atom is -0.344 e. The number of hydrogen-bond acceptors (Lipinski definition) is 4. The zero-order valence-electron chi connectivity index (χ0n) is 15.7. The Morgan fingerprint density at radius 3 is 2.58 bits per heavy atom. The zero-order valence-corrected chi connectivity index (χ0v) is 15.7. The Kier molecular flexibility index (Phi) is 6.04. The van der Waals surface area contributed by atoms with Crippen LogP contribution in [0.3, 0.4) is 0 Å². The Morgan fingerprint density at radius 1 is 1.19 bits per heavy atom. The second kappa shape index (κ2) is 8.45. The molecule has 0 spiro atoms. The number of nitrogens with zero attached hydrogens (tertiary/aromatic N) is 3. The van der Waals surface area contributed by atoms with Crippen molar-refractivity contribution in [3.05, 3.63) is 40.3 Å². The number of fused-ring (bicyclic) bond motifs is 1. The highest BCUT2D eigenvalue weighted by molar-refractivity contribution is 5.83. The van der Waals surface area contributed by atoms with Crippen LogP contribution in [-0.2, 0) is 11.3 Å². The van der Waals surface area contributed by atoms with Crippen LogP contribution in [0.2, 0.25) is 0 Å². The minimum atomic E-state index is -0.155. The van der Waals surface area contributed by atoms with Gasteiger partial charge < -0.3 is 4.90 Å². The SMILES string of the molecule is CCCN(CCN(C)C(=O)C1CCC1)Cc1n[nH]c(=O)c2ccccc12. The molecule has 1 aliphatic carbocycles. The van der Waals surface area contributed by atoms with Crippen molar-refractivity contribution in [2.75, 3.05) is 26.7 Å². The average molecular weight is 356 g/mol. The monoisotopic (exact) mass is 356 g/mol. The molecule has 1 heterocycles. The molecule has 1 aliphatic rings. The summed E-state index contributed by atoms with van der Waals surface area (Å²) >= 11 is 0. The van der Waals surface area contributed by atoms with Crippen molar-refractivity contribution >= 4 is 16.7 Å². The number of benzene rings is 1. The van der Waals surface area contributed by atoms with Crippen LogP contribution in [0.5, 0.6) is 0 Å². The van der Waals surface area contributed by atoms with E-state index in [1.165, 1.54) is 6.42 Å². The van der Waals surface area contributed by atoms with Gasteiger partial charge in [0.15, 0.2) is 0 Å². The fourth-order valence-electron chi connectivity index (χ4n) is 3.46. The Balaban J connectivity index is 1.68. The van der Waals surface area contributed by atoms with Gasteiger partial charge in [-0.1, -0.05) is 31.5 Å². The zero-order chi connectivity index (χ0) is 18.5. The standard InChI is InChI=1S/C20H28N4O2/c1-3-11-24(13-12-23(2)20(26)15-7-6-8-15)14-18-16-9-4-5-10-17(16)19(25)22-21-18/h4-5,9-10,15H,3,6-8,11-14H2,1-2H3,(H,22,25). The van der Waals surface area contributed by atoms with Crippen LogP contribution in [0.4, 0.5) is 0 Å². The highest BCUT2D eigenvalue weighted by Crippen LogP contribution is 2.27. The summed E-state index contributed by atoms with van der Waals surface area (Å²) in [5, 5.41) is 8.46. The Bertz CT molecular complexity index is 813. The van der Waals surface area contributed by atoms with Crippen molar-refractivity contribution in [2.45, 2.75) is 39.2 Å². The first-order valence-corrected chi connectivity index (χ1v) is 9.53. The Hall–Kier alpha value is -2.21. The van der Waals surface area contributed by atoms with Crippen LogP contribution in [0, 0.1) is 5.92 Å². The van der Waals surface area contributed by atoms with Crippen molar-refractivity contribution < 1.29 is 4.79 Å². The quantitative estimate of drug-likeness (QED) is 0.788. The maximum Gasteiger partial charge on any atom is 0.272 e. The van der Waals surface area contributed by atoms with E-state index in [1.807, 2.05) is 36.2 Å². The summed E-state index contributed by atoms with van der Waals surface area (Å²) in [5.74, 6) is 0.518. The fraction of sp³-hybridized carbons (Fsp3) is 0.550. The summed E-state index contributed by atoms with van der Waals surface area (Å²) in [5.41, 5.74) is 0.721. The molecule has 0 unspecified atom stereocenters. The van der Waals surface area contributed by atoms with Crippen LogP contribution in [0.25, 0.3) is 10.8 Å². The van der Waals surface area contributed by atoms with Crippen LogP contribution in [-0.4, -0.2) is 52.6 Å². The molecule has 0 bridgehead atoms. The molecule has 1 fully saturated rings. The van der Waals surface area contributed by atoms with Gasteiger partial charge in [0.05, 0.1) is 11.1 Å². The third kappa shape index (κ3) is 4.12. The van der Waals surface area contributed by atoms with Crippen LogP contribution in [0.1, 0.15) is 38.3 Å². The topological polar surface area (TPSA) is 69.3 Å². The first-order valence-electron chi connectivity index (χ1n) is 9.53. The second-order valence-corrected chi connectivity index (χ2v) is 7.21. The normalized spacial score (nSPS) is 14.6. The molecular weight excluding hydrogens is 328 g/mol. The molecule has 1 aromatic carbocycles. The maximum atomic E-state index is 12.3. The summed E-state index contributed by atoms with van der Waals surface area (Å²) in [6.45, 7) is 5.26. The molecule has 0 radical (unpaired) electrons. The first-order chi connectivity index (χ1) is 12.6. The number of aromatic amines is 1. The van der Waals surface area contributed by atoms with E-state index in [2.05, 4.69) is 22.0 Å². The molecule has 2 aromatic rings. The number of hydrogen-bond donors (Lipinski definition) is 1. The molecule has 6 heteroatoms. The second-order valence-electron chi connectivity index (χ2n) is 7.21. The van der Waals surface area contributed by atoms with Crippen LogP contribution in [0.15, 0.2) is 29.1 Å². The van der Waals surface area contributed by atoms with Crippen molar-refractivity contribution in [3.63, 3.8) is 0 Å². The molecule has 1 aromatic heterocycles. The number of amides is 1. The molecule has 0 aliphatic heterocycles. The number of H-pyrrole nitrogens is 1. The summed E-state index contributed by atoms with van der Waals surface area (Å²) in [7, 11) is 1.90. The van der Waals surface area contributed by atoms with Crippen molar-refractivity contribution in [1.82, 2.24) is 20.0 Å². The van der Waals surface area contributed by atoms with Gasteiger partial charge in [0.25, 0.3) is 5.56 Å². The number of nitrogens with one attached hydrogen (secondary N) is 1. The van der Waals surface area contributed by atoms with Gasteiger partial charge in [0, 0.05) is 38.0 Å². The minimum absolute atomic E-state index is 0.155. The first kappa shape index (κ1) is 18.6. The van der Waals surface area contributed by atoms with Gasteiger partial charge >= 0.3 is 0 Å². The lowest BCUT2D eigenvalue weighted by molar-refractivity contribution is -0.137. The van der Waals surface area contributed by atoms with Gasteiger partial charge in [-0.2, -0.15) is 5.10 Å². The predicted octanol–water partition coefficient (Wildman–Crippen LogP) is 2.39. The van der Waals surface area contributed by atoms with Gasteiger partial charge in [-0.25, -0.2) is 5.10 Å².